The fourth-order valence-electron chi connectivity index (χ4n) is 1.97. The van der Waals surface area contributed by atoms with Crippen LogP contribution in [0.4, 0.5) is 0 Å². The highest BCUT2D eigenvalue weighted by atomic mass is 79.9. The molecule has 78 valence electrons. The predicted molar refractivity (Wildman–Crippen MR) is 66.6 cm³/mol. The van der Waals surface area contributed by atoms with Gasteiger partial charge in [-0.3, -0.25) is 0 Å². The fraction of sp³-hybridized carbons (Fsp3) is 0.231. The molecule has 1 nitrogen and oxygen atoms in total. The predicted octanol–water partition coefficient (Wildman–Crippen LogP) is 3.33. The molecule has 0 aromatic heterocycles. The summed E-state index contributed by atoms with van der Waals surface area (Å²) < 4.78 is 1.13. The quantitative estimate of drug-likeness (QED) is 0.813. The van der Waals surface area contributed by atoms with E-state index in [2.05, 4.69) is 34.7 Å². The van der Waals surface area contributed by atoms with Crippen LogP contribution in [0.1, 0.15) is 17.5 Å². The molecule has 1 unspecified atom stereocenters. The van der Waals surface area contributed by atoms with Crippen molar-refractivity contribution < 1.29 is 5.11 Å². The van der Waals surface area contributed by atoms with Crippen molar-refractivity contribution in [3.05, 3.63) is 52.5 Å². The van der Waals surface area contributed by atoms with E-state index in [1.165, 1.54) is 5.56 Å². The van der Waals surface area contributed by atoms with Crippen LogP contribution < -0.4 is 0 Å². The molecule has 1 aliphatic rings. The Labute approximate surface area is 98.3 Å². The van der Waals surface area contributed by atoms with Gasteiger partial charge in [-0.05, 0) is 35.6 Å². The Balaban J connectivity index is 2.51. The number of aliphatic hydroxyl groups excluding tert-OH is 1. The summed E-state index contributed by atoms with van der Waals surface area (Å²) >= 11 is 3.55. The second kappa shape index (κ2) is 4.33. The van der Waals surface area contributed by atoms with Gasteiger partial charge in [0.15, 0.2) is 0 Å². The summed E-state index contributed by atoms with van der Waals surface area (Å²) in [6, 6.07) is 6.09. The van der Waals surface area contributed by atoms with Gasteiger partial charge < -0.3 is 5.11 Å². The first kappa shape index (κ1) is 10.7. The zero-order valence-electron chi connectivity index (χ0n) is 8.41. The number of fused-ring (bicyclic) bond motifs is 1. The molecule has 0 amide bonds. The maximum Gasteiger partial charge on any atom is 0.0972 e. The average Bonchev–Trinajstić information content (AvgIpc) is 2.28. The molecule has 1 atom stereocenters. The third kappa shape index (κ3) is 1.92. The molecule has 0 radical (unpaired) electrons. The topological polar surface area (TPSA) is 20.2 Å². The Morgan fingerprint density at radius 1 is 1.47 bits per heavy atom. The number of halogens is 1. The third-order valence-corrected chi connectivity index (χ3v) is 3.47. The zero-order chi connectivity index (χ0) is 10.8. The Hall–Kier alpha value is -0.860. The first-order valence-corrected chi connectivity index (χ1v) is 5.81. The summed E-state index contributed by atoms with van der Waals surface area (Å²) in [7, 11) is 0. The lowest BCUT2D eigenvalue weighted by atomic mass is 9.88. The number of rotatable bonds is 2. The maximum atomic E-state index is 9.82. The van der Waals surface area contributed by atoms with Crippen LogP contribution in [0.25, 0.3) is 5.57 Å². The lowest BCUT2D eigenvalue weighted by molar-refractivity contribution is 0.280. The van der Waals surface area contributed by atoms with E-state index in [1.54, 1.807) is 6.08 Å². The fourth-order valence-corrected chi connectivity index (χ4v) is 2.54. The highest BCUT2D eigenvalue weighted by Crippen LogP contribution is 2.33. The summed E-state index contributed by atoms with van der Waals surface area (Å²) in [5, 5.41) is 9.82. The molecule has 0 heterocycles. The van der Waals surface area contributed by atoms with E-state index in [0.29, 0.717) is 0 Å². The van der Waals surface area contributed by atoms with Crippen LogP contribution in [0, 0.1) is 0 Å². The van der Waals surface area contributed by atoms with Gasteiger partial charge in [-0.1, -0.05) is 40.2 Å². The number of hydrogen-bond donors (Lipinski definition) is 1. The largest absolute Gasteiger partial charge is 0.384 e. The summed E-state index contributed by atoms with van der Waals surface area (Å²) in [6.07, 6.45) is 5.13. The van der Waals surface area contributed by atoms with Crippen molar-refractivity contribution in [2.75, 3.05) is 0 Å². The maximum absolute atomic E-state index is 9.82. The van der Waals surface area contributed by atoms with Crippen molar-refractivity contribution in [1.82, 2.24) is 0 Å². The molecule has 0 fully saturated rings. The van der Waals surface area contributed by atoms with Gasteiger partial charge in [0.25, 0.3) is 0 Å². The van der Waals surface area contributed by atoms with E-state index in [4.69, 9.17) is 0 Å². The molecule has 0 saturated carbocycles. The molecule has 15 heavy (non-hydrogen) atoms. The Kier molecular flexibility index (Phi) is 3.08. The molecular weight excluding hydrogens is 252 g/mol. The van der Waals surface area contributed by atoms with Gasteiger partial charge >= 0.3 is 0 Å². The normalized spacial score (nSPS) is 16.5. The van der Waals surface area contributed by atoms with Crippen LogP contribution in [0.15, 0.2) is 41.4 Å². The Bertz CT molecular complexity index is 421. The molecule has 1 N–H and O–H groups in total. The Morgan fingerprint density at radius 3 is 3.00 bits per heavy atom. The Morgan fingerprint density at radius 2 is 2.27 bits per heavy atom. The van der Waals surface area contributed by atoms with Crippen molar-refractivity contribution >= 4 is 21.5 Å². The highest BCUT2D eigenvalue weighted by Gasteiger charge is 2.18. The van der Waals surface area contributed by atoms with Crippen LogP contribution in [0.3, 0.4) is 0 Å². The van der Waals surface area contributed by atoms with Gasteiger partial charge in [-0.15, -0.1) is 6.58 Å². The van der Waals surface area contributed by atoms with Crippen LogP contribution in [0.5, 0.6) is 0 Å². The van der Waals surface area contributed by atoms with Crippen LogP contribution in [-0.2, 0) is 6.42 Å². The van der Waals surface area contributed by atoms with E-state index in [9.17, 15) is 5.11 Å². The SMILES string of the molecule is C=CC(O)C1=CCCc2c(Br)cccc21. The first-order chi connectivity index (χ1) is 7.24. The molecule has 0 bridgehead atoms. The molecule has 0 saturated heterocycles. The van der Waals surface area contributed by atoms with Crippen molar-refractivity contribution in [2.45, 2.75) is 18.9 Å². The van der Waals surface area contributed by atoms with E-state index in [-0.39, 0.29) is 0 Å². The first-order valence-electron chi connectivity index (χ1n) is 5.02. The summed E-state index contributed by atoms with van der Waals surface area (Å²) in [5.74, 6) is 0. The van der Waals surface area contributed by atoms with E-state index < -0.39 is 6.10 Å². The van der Waals surface area contributed by atoms with Crippen molar-refractivity contribution in [2.24, 2.45) is 0 Å². The minimum Gasteiger partial charge on any atom is -0.384 e. The van der Waals surface area contributed by atoms with Gasteiger partial charge in [-0.2, -0.15) is 0 Å². The average molecular weight is 265 g/mol. The minimum atomic E-state index is -0.557. The molecule has 2 heteroatoms. The smallest absolute Gasteiger partial charge is 0.0972 e. The molecule has 1 aromatic carbocycles. The lowest BCUT2D eigenvalue weighted by Crippen LogP contribution is -2.11. The van der Waals surface area contributed by atoms with Gasteiger partial charge in [-0.25, -0.2) is 0 Å². The van der Waals surface area contributed by atoms with Gasteiger partial charge in [0, 0.05) is 4.47 Å². The van der Waals surface area contributed by atoms with Crippen LogP contribution >= 0.6 is 15.9 Å². The molecule has 1 aromatic rings. The standard InChI is InChI=1S/C13H13BrO/c1-2-13(15)11-7-3-6-10-9(11)5-4-8-12(10)14/h2,4-5,7-8,13,15H,1,3,6H2. The van der Waals surface area contributed by atoms with Crippen LogP contribution in [0.2, 0.25) is 0 Å². The molecule has 2 rings (SSSR count). The number of aliphatic hydroxyl groups is 1. The summed E-state index contributed by atoms with van der Waals surface area (Å²) in [6.45, 7) is 3.63. The highest BCUT2D eigenvalue weighted by molar-refractivity contribution is 9.10. The van der Waals surface area contributed by atoms with Gasteiger partial charge in [0.1, 0.15) is 0 Å². The van der Waals surface area contributed by atoms with Crippen molar-refractivity contribution in [3.63, 3.8) is 0 Å². The second-order valence-corrected chi connectivity index (χ2v) is 4.50. The third-order valence-electron chi connectivity index (χ3n) is 2.73. The second-order valence-electron chi connectivity index (χ2n) is 3.64. The number of hydrogen-bond acceptors (Lipinski definition) is 1. The molecule has 1 aliphatic carbocycles. The van der Waals surface area contributed by atoms with Gasteiger partial charge in [0.05, 0.1) is 6.10 Å². The summed E-state index contributed by atoms with van der Waals surface area (Å²) in [4.78, 5) is 0. The van der Waals surface area contributed by atoms with Gasteiger partial charge in [0.2, 0.25) is 0 Å². The zero-order valence-corrected chi connectivity index (χ0v) is 10.00. The summed E-state index contributed by atoms with van der Waals surface area (Å²) in [5.41, 5.74) is 3.41. The van der Waals surface area contributed by atoms with E-state index >= 15 is 0 Å². The molecule has 0 spiro atoms. The number of benzene rings is 1. The molecule has 0 aliphatic heterocycles. The lowest BCUT2D eigenvalue weighted by Gasteiger charge is -2.21. The molecular formula is C13H13BrO. The monoisotopic (exact) mass is 264 g/mol. The van der Waals surface area contributed by atoms with Crippen LogP contribution in [-0.4, -0.2) is 11.2 Å². The number of allylic oxidation sites excluding steroid dienone is 1. The van der Waals surface area contributed by atoms with E-state index in [1.807, 2.05) is 12.1 Å². The minimum absolute atomic E-state index is 0.557. The van der Waals surface area contributed by atoms with E-state index in [0.717, 1.165) is 28.5 Å². The van der Waals surface area contributed by atoms with Crippen molar-refractivity contribution in [1.29, 1.82) is 0 Å². The van der Waals surface area contributed by atoms with Crippen molar-refractivity contribution in [3.8, 4) is 0 Å².